The molecule has 0 spiro atoms. The van der Waals surface area contributed by atoms with E-state index >= 15 is 0 Å². The lowest BCUT2D eigenvalue weighted by atomic mass is 9.96. The Balaban J connectivity index is 1.95. The van der Waals surface area contributed by atoms with E-state index in [-0.39, 0.29) is 37.4 Å². The third kappa shape index (κ3) is 17.3. The van der Waals surface area contributed by atoms with Gasteiger partial charge in [-0.05, 0) is 48.4 Å². The SMILES string of the molecule is CC[C@H](C)[C@H](NC(=O)[C@H](Cc1ccc(O)cc1)NC(=O)[C@@H](N)[C@@H](C)O)C(=O)N[C@@H](Cc1cnc[nH]1)C(=O)N[C@@H](Cc1ccccc1)C(=O)N[C@@H](CC(C)C)C(=O)N[C@@H](CC(=O)O)C(=O)O. The lowest BCUT2D eigenvalue weighted by molar-refractivity contribution is -0.147. The number of nitrogens with two attached hydrogens (primary N) is 1. The van der Waals surface area contributed by atoms with Crippen LogP contribution in [0.1, 0.15) is 70.7 Å². The molecule has 65 heavy (non-hydrogen) atoms. The van der Waals surface area contributed by atoms with Gasteiger partial charge in [-0.2, -0.15) is 0 Å². The maximum Gasteiger partial charge on any atom is 0.326 e. The van der Waals surface area contributed by atoms with Gasteiger partial charge in [0.05, 0.1) is 18.9 Å². The zero-order valence-electron chi connectivity index (χ0n) is 36.9. The van der Waals surface area contributed by atoms with Gasteiger partial charge < -0.3 is 63.0 Å². The minimum Gasteiger partial charge on any atom is -0.508 e. The predicted molar refractivity (Wildman–Crippen MR) is 234 cm³/mol. The van der Waals surface area contributed by atoms with Crippen LogP contribution < -0.4 is 37.6 Å². The first-order chi connectivity index (χ1) is 30.7. The summed E-state index contributed by atoms with van der Waals surface area (Å²) in [5, 5.41) is 53.9. The number of carbonyl (C=O) groups excluding carboxylic acids is 6. The molecule has 0 aliphatic heterocycles. The molecule has 0 bridgehead atoms. The number of H-pyrrole nitrogens is 1. The number of aromatic hydroxyl groups is 1. The van der Waals surface area contributed by atoms with E-state index in [2.05, 4.69) is 41.9 Å². The fourth-order valence-corrected chi connectivity index (χ4v) is 6.56. The van der Waals surface area contributed by atoms with Gasteiger partial charge in [-0.15, -0.1) is 0 Å². The second kappa shape index (κ2) is 25.4. The number of carbonyl (C=O) groups is 8. The van der Waals surface area contributed by atoms with Crippen LogP contribution in [0.15, 0.2) is 67.1 Å². The summed E-state index contributed by atoms with van der Waals surface area (Å²) in [6.45, 7) is 8.27. The van der Waals surface area contributed by atoms with Crippen LogP contribution >= 0.6 is 0 Å². The Kier molecular flexibility index (Phi) is 20.5. The maximum absolute atomic E-state index is 14.4. The third-order valence-electron chi connectivity index (χ3n) is 10.5. The molecular formula is C44H61N9O12. The second-order valence-corrected chi connectivity index (χ2v) is 16.4. The van der Waals surface area contributed by atoms with E-state index in [9.17, 15) is 58.8 Å². The third-order valence-corrected chi connectivity index (χ3v) is 10.5. The first-order valence-electron chi connectivity index (χ1n) is 21.2. The van der Waals surface area contributed by atoms with E-state index in [1.54, 1.807) is 58.0 Å². The van der Waals surface area contributed by atoms with E-state index in [1.807, 2.05) is 0 Å². The van der Waals surface area contributed by atoms with E-state index in [4.69, 9.17) is 5.73 Å². The van der Waals surface area contributed by atoms with Crippen LogP contribution in [0, 0.1) is 11.8 Å². The summed E-state index contributed by atoms with van der Waals surface area (Å²) in [4.78, 5) is 113. The van der Waals surface area contributed by atoms with Gasteiger partial charge in [-0.1, -0.05) is 76.6 Å². The van der Waals surface area contributed by atoms with Crippen molar-refractivity contribution in [2.75, 3.05) is 0 Å². The Morgan fingerprint density at radius 3 is 1.65 bits per heavy atom. The number of carboxylic acid groups (broad SMARTS) is 2. The standard InChI is InChI=1S/C44H61N9O12/c1-6-24(4)37(53-41(61)32(50-42(62)36(45)25(5)54)18-27-12-14-29(55)15-13-27)43(63)51-33(19-28-21-46-22-47-28)40(60)49-31(17-26-10-8-7-9-11-26)39(59)48-30(16-23(2)3)38(58)52-34(44(64)65)20-35(56)57/h7-15,21-25,30-34,36-37,54-55H,6,16-20,45H2,1-5H3,(H,46,47)(H,48,59)(H,49,60)(H,50,62)(H,51,63)(H,52,58)(H,53,61)(H,56,57)(H,64,65)/t24-,25+,30-,31-,32-,33-,34-,36-,37-/m0/s1. The number of nitrogens with one attached hydrogen (secondary N) is 7. The Labute approximate surface area is 376 Å². The number of rotatable bonds is 26. The molecule has 3 aromatic rings. The van der Waals surface area contributed by atoms with Crippen LogP contribution in [-0.4, -0.2) is 126 Å². The first-order valence-corrected chi connectivity index (χ1v) is 21.2. The van der Waals surface area contributed by atoms with E-state index < -0.39 is 108 Å². The molecule has 0 aliphatic carbocycles. The number of phenolic OH excluding ortho intramolecular Hbond substituents is 1. The monoisotopic (exact) mass is 907 g/mol. The number of aromatic amines is 1. The van der Waals surface area contributed by atoms with Gasteiger partial charge >= 0.3 is 11.9 Å². The lowest BCUT2D eigenvalue weighted by Crippen LogP contribution is -2.61. The van der Waals surface area contributed by atoms with Gasteiger partial charge in [0, 0.05) is 31.2 Å². The number of aliphatic hydroxyl groups is 1. The Morgan fingerprint density at radius 2 is 1.14 bits per heavy atom. The lowest BCUT2D eigenvalue weighted by Gasteiger charge is -2.29. The number of imidazole rings is 1. The summed E-state index contributed by atoms with van der Waals surface area (Å²) in [7, 11) is 0. The highest BCUT2D eigenvalue weighted by Crippen LogP contribution is 2.15. The van der Waals surface area contributed by atoms with Crippen molar-refractivity contribution in [3.05, 3.63) is 83.9 Å². The largest absolute Gasteiger partial charge is 0.508 e. The van der Waals surface area contributed by atoms with Crippen molar-refractivity contribution in [1.82, 2.24) is 41.9 Å². The Bertz CT molecular complexity index is 2070. The highest BCUT2D eigenvalue weighted by molar-refractivity contribution is 5.97. The molecule has 0 unspecified atom stereocenters. The average molecular weight is 908 g/mol. The quantitative estimate of drug-likeness (QED) is 0.0480. The van der Waals surface area contributed by atoms with E-state index in [1.165, 1.54) is 43.7 Å². The normalized spacial score (nSPS) is 15.3. The van der Waals surface area contributed by atoms with Crippen molar-refractivity contribution in [1.29, 1.82) is 0 Å². The van der Waals surface area contributed by atoms with Gasteiger partial charge in [0.15, 0.2) is 0 Å². The molecule has 13 N–H and O–H groups in total. The van der Waals surface area contributed by atoms with Crippen LogP contribution in [0.2, 0.25) is 0 Å². The predicted octanol–water partition coefficient (Wildman–Crippen LogP) is -0.588. The minimum atomic E-state index is -1.79. The molecule has 0 aliphatic rings. The first kappa shape index (κ1) is 52.5. The zero-order chi connectivity index (χ0) is 48.4. The van der Waals surface area contributed by atoms with Crippen LogP contribution in [-0.2, 0) is 57.6 Å². The molecule has 3 rings (SSSR count). The van der Waals surface area contributed by atoms with Crippen molar-refractivity contribution < 1.29 is 58.8 Å². The van der Waals surface area contributed by atoms with Gasteiger partial charge in [0.25, 0.3) is 0 Å². The van der Waals surface area contributed by atoms with Gasteiger partial charge in [-0.25, -0.2) is 9.78 Å². The van der Waals surface area contributed by atoms with Crippen molar-refractivity contribution in [3.63, 3.8) is 0 Å². The summed E-state index contributed by atoms with van der Waals surface area (Å²) in [5.74, 6) is -8.94. The topological polar surface area (TPSA) is 344 Å². The fraction of sp³-hybridized carbons (Fsp3) is 0.477. The number of benzene rings is 2. The molecule has 21 heteroatoms. The molecule has 21 nitrogen and oxygen atoms in total. The number of hydrogen-bond acceptors (Lipinski definition) is 12. The fourth-order valence-electron chi connectivity index (χ4n) is 6.56. The summed E-state index contributed by atoms with van der Waals surface area (Å²) in [6.07, 6.45) is 0.605. The van der Waals surface area contributed by atoms with E-state index in [0.717, 1.165) is 0 Å². The summed E-state index contributed by atoms with van der Waals surface area (Å²) in [5.41, 5.74) is 7.40. The maximum atomic E-state index is 14.4. The van der Waals surface area contributed by atoms with Crippen molar-refractivity contribution >= 4 is 47.4 Å². The zero-order valence-corrected chi connectivity index (χ0v) is 36.9. The number of carboxylic acids is 2. The highest BCUT2D eigenvalue weighted by Gasteiger charge is 2.36. The number of hydrogen-bond donors (Lipinski definition) is 12. The average Bonchev–Trinajstić information content (AvgIpc) is 3.77. The number of phenols is 1. The molecule has 0 fully saturated rings. The van der Waals surface area contributed by atoms with Crippen molar-refractivity contribution in [2.45, 2.75) is 122 Å². The highest BCUT2D eigenvalue weighted by atomic mass is 16.4. The smallest absolute Gasteiger partial charge is 0.326 e. The number of aliphatic carboxylic acids is 2. The van der Waals surface area contributed by atoms with Crippen LogP contribution in [0.3, 0.4) is 0 Å². The number of amides is 6. The van der Waals surface area contributed by atoms with Crippen molar-refractivity contribution in [3.8, 4) is 5.75 Å². The molecule has 354 valence electrons. The molecule has 0 saturated carbocycles. The van der Waals surface area contributed by atoms with Crippen LogP contribution in [0.25, 0.3) is 0 Å². The van der Waals surface area contributed by atoms with E-state index in [0.29, 0.717) is 23.2 Å². The van der Waals surface area contributed by atoms with Crippen molar-refractivity contribution in [2.24, 2.45) is 17.6 Å². The number of aromatic nitrogens is 2. The second-order valence-electron chi connectivity index (χ2n) is 16.4. The summed E-state index contributed by atoms with van der Waals surface area (Å²) < 4.78 is 0. The molecular weight excluding hydrogens is 847 g/mol. The van der Waals surface area contributed by atoms with Gasteiger partial charge in [0.1, 0.15) is 48.0 Å². The van der Waals surface area contributed by atoms with Gasteiger partial charge in [0.2, 0.25) is 35.4 Å². The Hall–Kier alpha value is -6.87. The number of aliphatic hydroxyl groups excluding tert-OH is 1. The minimum absolute atomic E-state index is 0.0110. The molecule has 9 atom stereocenters. The summed E-state index contributed by atoms with van der Waals surface area (Å²) in [6, 6.07) is 4.51. The summed E-state index contributed by atoms with van der Waals surface area (Å²) >= 11 is 0. The van der Waals surface area contributed by atoms with Crippen LogP contribution in [0.5, 0.6) is 5.75 Å². The molecule has 6 amide bonds. The molecule has 1 heterocycles. The molecule has 2 aromatic carbocycles. The Morgan fingerprint density at radius 1 is 0.646 bits per heavy atom. The molecule has 0 saturated heterocycles. The number of nitrogens with zero attached hydrogens (tertiary/aromatic N) is 1. The molecule has 0 radical (unpaired) electrons. The molecule has 1 aromatic heterocycles. The van der Waals surface area contributed by atoms with Crippen LogP contribution in [0.4, 0.5) is 0 Å². The van der Waals surface area contributed by atoms with Gasteiger partial charge in [-0.3, -0.25) is 33.6 Å².